The molecular weight excluding hydrogens is 346 g/mol. The van der Waals surface area contributed by atoms with Crippen molar-refractivity contribution in [3.63, 3.8) is 0 Å². The van der Waals surface area contributed by atoms with E-state index in [2.05, 4.69) is 35.2 Å². The maximum absolute atomic E-state index is 9.03. The summed E-state index contributed by atoms with van der Waals surface area (Å²) in [7, 11) is 0. The third kappa shape index (κ3) is 3.19. The lowest BCUT2D eigenvalue weighted by Crippen LogP contribution is -2.39. The van der Waals surface area contributed by atoms with E-state index in [0.717, 1.165) is 32.5 Å². The molecule has 0 unspecified atom stereocenters. The van der Waals surface area contributed by atoms with Gasteiger partial charge in [0.1, 0.15) is 11.9 Å². The van der Waals surface area contributed by atoms with Gasteiger partial charge < -0.3 is 10.5 Å². The Kier molecular flexibility index (Phi) is 4.86. The van der Waals surface area contributed by atoms with Gasteiger partial charge in [-0.2, -0.15) is 5.26 Å². The Labute approximate surface area is 159 Å². The molecule has 0 spiro atoms. The molecule has 5 heteroatoms. The van der Waals surface area contributed by atoms with Crippen molar-refractivity contribution in [2.75, 3.05) is 19.6 Å². The fourth-order valence-corrected chi connectivity index (χ4v) is 4.38. The Morgan fingerprint density at radius 2 is 2.12 bits per heavy atom. The van der Waals surface area contributed by atoms with E-state index in [1.54, 1.807) is 18.2 Å². The highest BCUT2D eigenvalue weighted by molar-refractivity contribution is 6.32. The van der Waals surface area contributed by atoms with Crippen LogP contribution in [0.25, 0.3) is 0 Å². The van der Waals surface area contributed by atoms with Gasteiger partial charge in [0, 0.05) is 6.54 Å². The van der Waals surface area contributed by atoms with Crippen molar-refractivity contribution in [3.8, 4) is 11.8 Å². The van der Waals surface area contributed by atoms with E-state index in [0.29, 0.717) is 22.3 Å². The van der Waals surface area contributed by atoms with Gasteiger partial charge in [-0.15, -0.1) is 0 Å². The second kappa shape index (κ2) is 7.28. The molecule has 0 saturated carbocycles. The molecule has 1 saturated heterocycles. The minimum atomic E-state index is -0.0619. The predicted octanol–water partition coefficient (Wildman–Crippen LogP) is 3.54. The number of benzene rings is 2. The predicted molar refractivity (Wildman–Crippen MR) is 102 cm³/mol. The molecule has 3 atom stereocenters. The summed E-state index contributed by atoms with van der Waals surface area (Å²) in [4.78, 5) is 2.51. The molecule has 1 aliphatic heterocycles. The Hall–Kier alpha value is -2.06. The summed E-state index contributed by atoms with van der Waals surface area (Å²) in [6.45, 7) is 2.82. The number of fused-ring (bicyclic) bond motifs is 1. The first-order chi connectivity index (χ1) is 12.7. The fourth-order valence-electron chi connectivity index (χ4n) is 4.16. The average molecular weight is 368 g/mol. The zero-order chi connectivity index (χ0) is 18.1. The molecule has 134 valence electrons. The van der Waals surface area contributed by atoms with Gasteiger partial charge >= 0.3 is 0 Å². The monoisotopic (exact) mass is 367 g/mol. The number of ether oxygens (including phenoxy) is 1. The highest BCUT2D eigenvalue weighted by atomic mass is 35.5. The molecule has 2 N–H and O–H groups in total. The number of halogens is 1. The van der Waals surface area contributed by atoms with E-state index in [1.807, 2.05) is 0 Å². The third-order valence-electron chi connectivity index (χ3n) is 5.57. The lowest BCUT2D eigenvalue weighted by Gasteiger charge is -2.30. The zero-order valence-electron chi connectivity index (χ0n) is 14.6. The summed E-state index contributed by atoms with van der Waals surface area (Å²) in [5.41, 5.74) is 8.99. The number of hydrogen-bond acceptors (Lipinski definition) is 4. The van der Waals surface area contributed by atoms with Crippen molar-refractivity contribution in [3.05, 3.63) is 64.2 Å². The molecular formula is C21H22ClN3O. The van der Waals surface area contributed by atoms with E-state index >= 15 is 0 Å². The Morgan fingerprint density at radius 1 is 1.27 bits per heavy atom. The topological polar surface area (TPSA) is 62.3 Å². The van der Waals surface area contributed by atoms with Gasteiger partial charge in [-0.3, -0.25) is 4.90 Å². The molecule has 4 nitrogen and oxygen atoms in total. The number of nitrogens with two attached hydrogens (primary N) is 1. The molecule has 26 heavy (non-hydrogen) atoms. The molecule has 2 aromatic rings. The number of hydrogen-bond donors (Lipinski definition) is 1. The first-order valence-corrected chi connectivity index (χ1v) is 9.45. The van der Waals surface area contributed by atoms with Crippen LogP contribution in [0.5, 0.6) is 5.75 Å². The van der Waals surface area contributed by atoms with Gasteiger partial charge in [0.15, 0.2) is 0 Å². The van der Waals surface area contributed by atoms with E-state index in [4.69, 9.17) is 27.3 Å². The van der Waals surface area contributed by atoms with Gasteiger partial charge in [-0.25, -0.2) is 0 Å². The highest BCUT2D eigenvalue weighted by Crippen LogP contribution is 2.41. The van der Waals surface area contributed by atoms with Crippen molar-refractivity contribution in [1.29, 1.82) is 5.26 Å². The Bertz CT molecular complexity index is 847. The lowest BCUT2D eigenvalue weighted by atomic mass is 10.1. The summed E-state index contributed by atoms with van der Waals surface area (Å²) in [5.74, 6) is 1.20. The van der Waals surface area contributed by atoms with Gasteiger partial charge in [0.2, 0.25) is 0 Å². The van der Waals surface area contributed by atoms with Crippen LogP contribution in [0.2, 0.25) is 5.02 Å². The molecule has 0 bridgehead atoms. The van der Waals surface area contributed by atoms with Crippen LogP contribution in [0.1, 0.15) is 29.2 Å². The van der Waals surface area contributed by atoms with Crippen LogP contribution in [0, 0.1) is 17.2 Å². The molecule has 1 fully saturated rings. The molecule has 4 rings (SSSR count). The van der Waals surface area contributed by atoms with Crippen molar-refractivity contribution >= 4 is 11.6 Å². The molecule has 2 aromatic carbocycles. The maximum Gasteiger partial charge on any atom is 0.140 e. The minimum absolute atomic E-state index is 0.0619. The summed E-state index contributed by atoms with van der Waals surface area (Å²) in [6.07, 6.45) is 2.06. The van der Waals surface area contributed by atoms with Crippen LogP contribution in [0.4, 0.5) is 0 Å². The minimum Gasteiger partial charge on any atom is -0.482 e. The molecule has 0 amide bonds. The first-order valence-electron chi connectivity index (χ1n) is 9.08. The number of likely N-dealkylation sites (tertiary alicyclic amines) is 1. The maximum atomic E-state index is 9.03. The fraction of sp³-hybridized carbons (Fsp3) is 0.381. The van der Waals surface area contributed by atoms with Gasteiger partial charge in [0.25, 0.3) is 0 Å². The smallest absolute Gasteiger partial charge is 0.140 e. The first kappa shape index (κ1) is 17.4. The van der Waals surface area contributed by atoms with Crippen molar-refractivity contribution < 1.29 is 4.74 Å². The van der Waals surface area contributed by atoms with E-state index < -0.39 is 0 Å². The van der Waals surface area contributed by atoms with Crippen LogP contribution in [-0.4, -0.2) is 30.6 Å². The van der Waals surface area contributed by atoms with E-state index in [9.17, 15) is 0 Å². The zero-order valence-corrected chi connectivity index (χ0v) is 15.3. The SMILES string of the molecule is N#Cc1ccc(O[C@@H]2c3ccccc3C[C@H]2N2CC[C@H](CN)C2)c(Cl)c1. The third-order valence-corrected chi connectivity index (χ3v) is 5.87. The Morgan fingerprint density at radius 3 is 2.85 bits per heavy atom. The van der Waals surface area contributed by atoms with Crippen LogP contribution in [0.15, 0.2) is 42.5 Å². The second-order valence-electron chi connectivity index (χ2n) is 7.15. The average Bonchev–Trinajstić information content (AvgIpc) is 3.28. The van der Waals surface area contributed by atoms with Crippen LogP contribution in [-0.2, 0) is 6.42 Å². The molecule has 1 heterocycles. The van der Waals surface area contributed by atoms with Crippen LogP contribution >= 0.6 is 11.6 Å². The normalized spacial score (nSPS) is 25.0. The summed E-state index contributed by atoms with van der Waals surface area (Å²) < 4.78 is 6.41. The standard InChI is InChI=1S/C21H22ClN3O/c22-18-9-14(11-23)5-6-20(18)26-21-17-4-2-1-3-16(17)10-19(21)25-8-7-15(12-24)13-25/h1-6,9,15,19,21H,7-8,10,12-13,24H2/t15-,19-,21-/m1/s1. The molecule has 1 aliphatic carbocycles. The van der Waals surface area contributed by atoms with Crippen molar-refractivity contribution in [2.45, 2.75) is 25.0 Å². The van der Waals surface area contributed by atoms with Gasteiger partial charge in [-0.1, -0.05) is 35.9 Å². The molecule has 0 aromatic heterocycles. The number of nitriles is 1. The van der Waals surface area contributed by atoms with E-state index in [1.165, 1.54) is 11.1 Å². The quantitative estimate of drug-likeness (QED) is 0.897. The van der Waals surface area contributed by atoms with E-state index in [-0.39, 0.29) is 12.1 Å². The number of nitrogens with zero attached hydrogens (tertiary/aromatic N) is 2. The number of rotatable bonds is 4. The summed E-state index contributed by atoms with van der Waals surface area (Å²) >= 11 is 6.36. The van der Waals surface area contributed by atoms with Crippen LogP contribution in [0.3, 0.4) is 0 Å². The highest BCUT2D eigenvalue weighted by Gasteiger charge is 2.40. The van der Waals surface area contributed by atoms with Gasteiger partial charge in [0.05, 0.1) is 22.7 Å². The summed E-state index contributed by atoms with van der Waals surface area (Å²) in [6, 6.07) is 16.1. The molecule has 2 aliphatic rings. The van der Waals surface area contributed by atoms with Crippen molar-refractivity contribution in [2.24, 2.45) is 11.7 Å². The van der Waals surface area contributed by atoms with Gasteiger partial charge in [-0.05, 0) is 61.2 Å². The van der Waals surface area contributed by atoms with Crippen LogP contribution < -0.4 is 10.5 Å². The van der Waals surface area contributed by atoms with Crippen molar-refractivity contribution in [1.82, 2.24) is 4.90 Å². The Balaban J connectivity index is 1.63. The lowest BCUT2D eigenvalue weighted by molar-refractivity contribution is 0.0918. The molecule has 0 radical (unpaired) electrons. The summed E-state index contributed by atoms with van der Waals surface area (Å²) in [5, 5.41) is 9.51. The largest absolute Gasteiger partial charge is 0.482 e. The second-order valence-corrected chi connectivity index (χ2v) is 7.56.